The summed E-state index contributed by atoms with van der Waals surface area (Å²) in [6.45, 7) is 9.19. The first-order chi connectivity index (χ1) is 11.1. The number of allylic oxidation sites excluding steroid dienone is 1. The summed E-state index contributed by atoms with van der Waals surface area (Å²) in [5.74, 6) is 1.32. The summed E-state index contributed by atoms with van der Waals surface area (Å²) < 4.78 is 0. The molecule has 1 N–H and O–H groups in total. The van der Waals surface area contributed by atoms with Gasteiger partial charge in [0.2, 0.25) is 5.91 Å². The van der Waals surface area contributed by atoms with Crippen molar-refractivity contribution >= 4 is 23.6 Å². The number of likely N-dealkylation sites (tertiary alicyclic amines) is 1. The highest BCUT2D eigenvalue weighted by molar-refractivity contribution is 7.99. The van der Waals surface area contributed by atoms with E-state index in [1.807, 2.05) is 19.9 Å². The molecule has 0 saturated carbocycles. The van der Waals surface area contributed by atoms with Crippen LogP contribution in [0.25, 0.3) is 0 Å². The lowest BCUT2D eigenvalue weighted by atomic mass is 10.0. The predicted octanol–water partition coefficient (Wildman–Crippen LogP) is 1.84. The fraction of sp³-hybridized carbons (Fsp3) is 0.765. The van der Waals surface area contributed by atoms with Crippen LogP contribution in [0.5, 0.6) is 0 Å². The summed E-state index contributed by atoms with van der Waals surface area (Å²) in [5.41, 5.74) is 0.740. The highest BCUT2D eigenvalue weighted by Crippen LogP contribution is 2.23. The van der Waals surface area contributed by atoms with Crippen molar-refractivity contribution < 1.29 is 9.59 Å². The van der Waals surface area contributed by atoms with Crippen LogP contribution in [0.15, 0.2) is 11.6 Å². The molecule has 0 spiro atoms. The van der Waals surface area contributed by atoms with Gasteiger partial charge in [0.25, 0.3) is 5.91 Å². The van der Waals surface area contributed by atoms with E-state index in [2.05, 4.69) is 17.1 Å². The first-order valence-electron chi connectivity index (χ1n) is 8.65. The van der Waals surface area contributed by atoms with Crippen molar-refractivity contribution in [3.05, 3.63) is 11.6 Å². The minimum atomic E-state index is -0.322. The van der Waals surface area contributed by atoms with Gasteiger partial charge in [0, 0.05) is 30.5 Å². The van der Waals surface area contributed by atoms with Crippen molar-refractivity contribution in [2.75, 3.05) is 31.3 Å². The topological polar surface area (TPSA) is 52.7 Å². The molecule has 6 heteroatoms. The van der Waals surface area contributed by atoms with Crippen LogP contribution in [0.4, 0.5) is 0 Å². The van der Waals surface area contributed by atoms with Gasteiger partial charge in [0.15, 0.2) is 0 Å². The Balaban J connectivity index is 1.91. The molecule has 2 heterocycles. The van der Waals surface area contributed by atoms with Crippen molar-refractivity contribution in [1.82, 2.24) is 15.1 Å². The molecule has 5 nitrogen and oxygen atoms in total. The largest absolute Gasteiger partial charge is 0.351 e. The van der Waals surface area contributed by atoms with Crippen molar-refractivity contribution in [2.24, 2.45) is 0 Å². The van der Waals surface area contributed by atoms with Gasteiger partial charge in [0.1, 0.15) is 6.04 Å². The van der Waals surface area contributed by atoms with Crippen LogP contribution in [-0.4, -0.2) is 65.0 Å². The van der Waals surface area contributed by atoms with Gasteiger partial charge in [-0.05, 0) is 32.7 Å². The van der Waals surface area contributed by atoms with E-state index in [4.69, 9.17) is 0 Å². The quantitative estimate of drug-likeness (QED) is 0.777. The van der Waals surface area contributed by atoms with Crippen LogP contribution in [0.1, 0.15) is 40.0 Å². The molecule has 2 saturated heterocycles. The molecular formula is C17H29N3O2S. The molecule has 0 radical (unpaired) electrons. The second-order valence-electron chi connectivity index (χ2n) is 6.30. The molecular weight excluding hydrogens is 310 g/mol. The number of piperidine rings is 1. The number of nitrogens with one attached hydrogen (secondary N) is 1. The maximum Gasteiger partial charge on any atom is 0.250 e. The Morgan fingerprint density at radius 3 is 2.57 bits per heavy atom. The van der Waals surface area contributed by atoms with Crippen LogP contribution in [-0.2, 0) is 9.59 Å². The molecule has 2 amide bonds. The van der Waals surface area contributed by atoms with E-state index in [9.17, 15) is 9.59 Å². The zero-order chi connectivity index (χ0) is 16.8. The van der Waals surface area contributed by atoms with Gasteiger partial charge in [-0.25, -0.2) is 0 Å². The standard InChI is InChI=1S/C17H29N3O2S/c1-4-6-13(3)17(22)20-12-23-11-15(20)16(21)18-14-7-9-19(5-2)10-8-14/h6,14-15H,4-5,7-12H2,1-3H3,(H,18,21)/b13-6+. The smallest absolute Gasteiger partial charge is 0.250 e. The highest BCUT2D eigenvalue weighted by atomic mass is 32.2. The molecule has 2 rings (SSSR count). The third kappa shape index (κ3) is 4.73. The number of amides is 2. The summed E-state index contributed by atoms with van der Waals surface area (Å²) in [6.07, 6.45) is 4.77. The Kier molecular flexibility index (Phi) is 6.96. The maximum absolute atomic E-state index is 12.6. The van der Waals surface area contributed by atoms with Gasteiger partial charge in [-0.2, -0.15) is 0 Å². The number of carbonyl (C=O) groups is 2. The van der Waals surface area contributed by atoms with Gasteiger partial charge < -0.3 is 15.1 Å². The van der Waals surface area contributed by atoms with E-state index in [0.717, 1.165) is 44.5 Å². The van der Waals surface area contributed by atoms with Gasteiger partial charge in [0.05, 0.1) is 5.88 Å². The summed E-state index contributed by atoms with van der Waals surface area (Å²) in [4.78, 5) is 29.2. The van der Waals surface area contributed by atoms with E-state index in [1.165, 1.54) is 0 Å². The molecule has 0 aromatic heterocycles. The van der Waals surface area contributed by atoms with Gasteiger partial charge in [-0.1, -0.05) is 19.9 Å². The Labute approximate surface area is 143 Å². The third-order valence-corrected chi connectivity index (χ3v) is 5.69. The van der Waals surface area contributed by atoms with E-state index in [1.54, 1.807) is 16.7 Å². The number of hydrogen-bond donors (Lipinski definition) is 1. The number of rotatable bonds is 5. The molecule has 0 aromatic carbocycles. The zero-order valence-corrected chi connectivity index (χ0v) is 15.3. The van der Waals surface area contributed by atoms with E-state index in [-0.39, 0.29) is 23.9 Å². The van der Waals surface area contributed by atoms with E-state index >= 15 is 0 Å². The monoisotopic (exact) mass is 339 g/mol. The Morgan fingerprint density at radius 1 is 1.26 bits per heavy atom. The molecule has 130 valence electrons. The average Bonchev–Trinajstić information content (AvgIpc) is 3.04. The lowest BCUT2D eigenvalue weighted by molar-refractivity contribution is -0.135. The maximum atomic E-state index is 12.6. The highest BCUT2D eigenvalue weighted by Gasteiger charge is 2.36. The van der Waals surface area contributed by atoms with Crippen molar-refractivity contribution in [1.29, 1.82) is 0 Å². The fourth-order valence-electron chi connectivity index (χ4n) is 3.17. The van der Waals surface area contributed by atoms with E-state index < -0.39 is 0 Å². The summed E-state index contributed by atoms with van der Waals surface area (Å²) in [5, 5.41) is 3.17. The van der Waals surface area contributed by atoms with Crippen molar-refractivity contribution in [3.8, 4) is 0 Å². The predicted molar refractivity (Wildman–Crippen MR) is 95.3 cm³/mol. The Hall–Kier alpha value is -1.01. The molecule has 2 aliphatic rings. The lowest BCUT2D eigenvalue weighted by Gasteiger charge is -2.32. The molecule has 1 atom stereocenters. The van der Waals surface area contributed by atoms with Crippen LogP contribution in [0.2, 0.25) is 0 Å². The first kappa shape index (κ1) is 18.3. The average molecular weight is 340 g/mol. The molecule has 0 aliphatic carbocycles. The Bertz CT molecular complexity index is 459. The summed E-state index contributed by atoms with van der Waals surface area (Å²) in [6, 6.07) is -0.0722. The molecule has 2 fully saturated rings. The third-order valence-electron chi connectivity index (χ3n) is 4.67. The number of carbonyl (C=O) groups excluding carboxylic acids is 2. The Morgan fingerprint density at radius 2 is 1.96 bits per heavy atom. The number of hydrogen-bond acceptors (Lipinski definition) is 4. The molecule has 0 aromatic rings. The SMILES string of the molecule is CC/C=C(\C)C(=O)N1CSCC1C(=O)NC1CCN(CC)CC1. The first-order valence-corrected chi connectivity index (χ1v) is 9.80. The summed E-state index contributed by atoms with van der Waals surface area (Å²) >= 11 is 1.66. The minimum Gasteiger partial charge on any atom is -0.351 e. The van der Waals surface area contributed by atoms with Gasteiger partial charge in [-0.15, -0.1) is 11.8 Å². The molecule has 1 unspecified atom stereocenters. The molecule has 23 heavy (non-hydrogen) atoms. The second kappa shape index (κ2) is 8.73. The normalized spacial score (nSPS) is 24.0. The lowest BCUT2D eigenvalue weighted by Crippen LogP contribution is -2.52. The zero-order valence-electron chi connectivity index (χ0n) is 14.5. The molecule has 2 aliphatic heterocycles. The van der Waals surface area contributed by atoms with Crippen LogP contribution in [0.3, 0.4) is 0 Å². The minimum absolute atomic E-state index is 0.00203. The molecule has 0 bridgehead atoms. The van der Waals surface area contributed by atoms with Gasteiger partial charge >= 0.3 is 0 Å². The summed E-state index contributed by atoms with van der Waals surface area (Å²) in [7, 11) is 0. The van der Waals surface area contributed by atoms with Crippen LogP contribution in [0, 0.1) is 0 Å². The van der Waals surface area contributed by atoms with Crippen LogP contribution >= 0.6 is 11.8 Å². The second-order valence-corrected chi connectivity index (χ2v) is 7.30. The van der Waals surface area contributed by atoms with Crippen molar-refractivity contribution in [3.63, 3.8) is 0 Å². The van der Waals surface area contributed by atoms with Crippen molar-refractivity contribution in [2.45, 2.75) is 52.1 Å². The number of nitrogens with zero attached hydrogens (tertiary/aromatic N) is 2. The fourth-order valence-corrected chi connectivity index (χ4v) is 4.32. The number of thioether (sulfide) groups is 1. The van der Waals surface area contributed by atoms with Crippen LogP contribution < -0.4 is 5.32 Å². The van der Waals surface area contributed by atoms with Gasteiger partial charge in [-0.3, -0.25) is 9.59 Å². The van der Waals surface area contributed by atoms with E-state index in [0.29, 0.717) is 11.6 Å².